The number of nitro groups is 1. The van der Waals surface area contributed by atoms with Crippen LogP contribution in [0.1, 0.15) is 6.92 Å². The average Bonchev–Trinajstić information content (AvgIpc) is 2.67. The topological polar surface area (TPSA) is 107 Å². The maximum Gasteiger partial charge on any atom is 0.269 e. The number of hydrogen-bond donors (Lipinski definition) is 1. The van der Waals surface area contributed by atoms with Crippen molar-refractivity contribution in [3.63, 3.8) is 0 Å². The summed E-state index contributed by atoms with van der Waals surface area (Å²) in [6, 6.07) is 10.4. The molecule has 0 fully saturated rings. The zero-order chi connectivity index (χ0) is 20.3. The number of hydrogen-bond acceptors (Lipinski definition) is 6. The number of benzene rings is 2. The Labute approximate surface area is 168 Å². The lowest BCUT2D eigenvalue weighted by Gasteiger charge is -2.11. The van der Waals surface area contributed by atoms with Crippen LogP contribution in [0.2, 0.25) is 5.02 Å². The minimum absolute atomic E-state index is 0.0303. The van der Waals surface area contributed by atoms with Crippen LogP contribution in [0.25, 0.3) is 10.9 Å². The van der Waals surface area contributed by atoms with Crippen molar-refractivity contribution < 1.29 is 9.72 Å². The van der Waals surface area contributed by atoms with Gasteiger partial charge >= 0.3 is 0 Å². The Morgan fingerprint density at radius 2 is 2.00 bits per heavy atom. The smallest absolute Gasteiger partial charge is 0.269 e. The van der Waals surface area contributed by atoms with Gasteiger partial charge in [0.05, 0.1) is 21.6 Å². The van der Waals surface area contributed by atoms with Gasteiger partial charge in [0.25, 0.3) is 11.2 Å². The highest BCUT2D eigenvalue weighted by molar-refractivity contribution is 7.99. The van der Waals surface area contributed by atoms with E-state index in [1.807, 2.05) is 6.92 Å². The second kappa shape index (κ2) is 8.41. The minimum Gasteiger partial charge on any atom is -0.325 e. The van der Waals surface area contributed by atoms with Gasteiger partial charge in [0.1, 0.15) is 0 Å². The number of nitrogens with zero attached hydrogens (tertiary/aromatic N) is 3. The lowest BCUT2D eigenvalue weighted by atomic mass is 10.2. The quantitative estimate of drug-likeness (QED) is 0.283. The van der Waals surface area contributed by atoms with Crippen LogP contribution in [0.5, 0.6) is 0 Å². The minimum atomic E-state index is -0.510. The van der Waals surface area contributed by atoms with E-state index in [9.17, 15) is 19.7 Å². The number of carbonyl (C=O) groups is 1. The van der Waals surface area contributed by atoms with Gasteiger partial charge in [0, 0.05) is 29.4 Å². The van der Waals surface area contributed by atoms with Crippen molar-refractivity contribution in [3.8, 4) is 0 Å². The fourth-order valence-corrected chi connectivity index (χ4v) is 3.59. The van der Waals surface area contributed by atoms with Gasteiger partial charge in [-0.05, 0) is 37.3 Å². The van der Waals surface area contributed by atoms with Crippen molar-refractivity contribution >= 4 is 51.5 Å². The van der Waals surface area contributed by atoms with Crippen LogP contribution in [-0.2, 0) is 11.3 Å². The highest BCUT2D eigenvalue weighted by Gasteiger charge is 2.13. The molecule has 2 aromatic carbocycles. The van der Waals surface area contributed by atoms with E-state index < -0.39 is 4.92 Å². The van der Waals surface area contributed by atoms with Gasteiger partial charge in [0.2, 0.25) is 5.91 Å². The maximum atomic E-state index is 12.7. The number of aromatic nitrogens is 2. The van der Waals surface area contributed by atoms with E-state index in [0.29, 0.717) is 33.3 Å². The van der Waals surface area contributed by atoms with E-state index in [2.05, 4.69) is 10.3 Å². The summed E-state index contributed by atoms with van der Waals surface area (Å²) in [5.41, 5.74) is 0.690. The second-order valence-corrected chi connectivity index (χ2v) is 7.13. The van der Waals surface area contributed by atoms with Crippen LogP contribution < -0.4 is 10.9 Å². The summed E-state index contributed by atoms with van der Waals surface area (Å²) in [4.78, 5) is 39.5. The molecular formula is C18H15ClN4O4S. The van der Waals surface area contributed by atoms with Crippen molar-refractivity contribution in [1.82, 2.24) is 9.55 Å². The molecule has 1 aromatic heterocycles. The lowest BCUT2D eigenvalue weighted by Crippen LogP contribution is -2.23. The molecule has 0 aliphatic heterocycles. The first-order valence-corrected chi connectivity index (χ1v) is 9.62. The Bertz CT molecular complexity index is 1120. The van der Waals surface area contributed by atoms with E-state index in [1.54, 1.807) is 18.2 Å². The van der Waals surface area contributed by atoms with Crippen molar-refractivity contribution in [2.75, 3.05) is 11.1 Å². The molecule has 0 unspecified atom stereocenters. The van der Waals surface area contributed by atoms with E-state index in [-0.39, 0.29) is 22.9 Å². The van der Waals surface area contributed by atoms with Crippen LogP contribution in [-0.4, -0.2) is 26.1 Å². The molecule has 0 spiro atoms. The fraction of sp³-hybridized carbons (Fsp3) is 0.167. The summed E-state index contributed by atoms with van der Waals surface area (Å²) in [5, 5.41) is 14.6. The Morgan fingerprint density at radius 3 is 2.64 bits per heavy atom. The Hall–Kier alpha value is -2.91. The zero-order valence-corrected chi connectivity index (χ0v) is 16.3. The Kier molecular flexibility index (Phi) is 5.96. The number of amides is 1. The van der Waals surface area contributed by atoms with E-state index >= 15 is 0 Å². The molecule has 144 valence electrons. The number of nitrogens with one attached hydrogen (secondary N) is 1. The molecular weight excluding hydrogens is 404 g/mol. The monoisotopic (exact) mass is 418 g/mol. The molecule has 1 amide bonds. The van der Waals surface area contributed by atoms with Gasteiger partial charge in [-0.2, -0.15) is 0 Å². The largest absolute Gasteiger partial charge is 0.325 e. The average molecular weight is 419 g/mol. The van der Waals surface area contributed by atoms with Crippen LogP contribution in [0, 0.1) is 10.1 Å². The van der Waals surface area contributed by atoms with Gasteiger partial charge in [-0.25, -0.2) is 4.98 Å². The standard InChI is InChI=1S/C18H15ClN4O4S/c1-2-22-17(25)14-9-11(19)3-8-15(14)21-18(22)28-10-16(24)20-12-4-6-13(7-5-12)23(26)27/h3-9H,2,10H2,1H3,(H,20,24). The number of rotatable bonds is 6. The van der Waals surface area contributed by atoms with Crippen molar-refractivity contribution in [1.29, 1.82) is 0 Å². The number of thioether (sulfide) groups is 1. The first-order valence-electron chi connectivity index (χ1n) is 8.26. The third-order valence-corrected chi connectivity index (χ3v) is 5.10. The molecule has 3 rings (SSSR count). The number of non-ortho nitro benzene ring substituents is 1. The fourth-order valence-electron chi connectivity index (χ4n) is 2.56. The number of nitro benzene ring substituents is 1. The second-order valence-electron chi connectivity index (χ2n) is 5.75. The summed E-state index contributed by atoms with van der Waals surface area (Å²) in [6.07, 6.45) is 0. The number of halogens is 1. The van der Waals surface area contributed by atoms with Crippen LogP contribution >= 0.6 is 23.4 Å². The molecule has 0 aliphatic carbocycles. The van der Waals surface area contributed by atoms with E-state index in [1.165, 1.54) is 28.8 Å². The molecule has 0 atom stereocenters. The number of carbonyl (C=O) groups excluding carboxylic acids is 1. The number of anilines is 1. The van der Waals surface area contributed by atoms with Crippen LogP contribution in [0.3, 0.4) is 0 Å². The summed E-state index contributed by atoms with van der Waals surface area (Å²) in [5.74, 6) is -0.283. The summed E-state index contributed by atoms with van der Waals surface area (Å²) in [6.45, 7) is 2.22. The summed E-state index contributed by atoms with van der Waals surface area (Å²) < 4.78 is 1.49. The Morgan fingerprint density at radius 1 is 1.29 bits per heavy atom. The number of fused-ring (bicyclic) bond motifs is 1. The molecule has 10 heteroatoms. The first kappa shape index (κ1) is 19.8. The molecule has 1 N–H and O–H groups in total. The third kappa shape index (κ3) is 4.32. The molecule has 0 aliphatic rings. The van der Waals surface area contributed by atoms with Gasteiger partial charge in [-0.15, -0.1) is 0 Å². The van der Waals surface area contributed by atoms with Crippen LogP contribution in [0.15, 0.2) is 52.4 Å². The van der Waals surface area contributed by atoms with Crippen molar-refractivity contribution in [3.05, 3.63) is 68.0 Å². The van der Waals surface area contributed by atoms with E-state index in [0.717, 1.165) is 11.8 Å². The molecule has 0 radical (unpaired) electrons. The molecule has 28 heavy (non-hydrogen) atoms. The van der Waals surface area contributed by atoms with Crippen LogP contribution in [0.4, 0.5) is 11.4 Å². The molecule has 3 aromatic rings. The van der Waals surface area contributed by atoms with Gasteiger partial charge in [0.15, 0.2) is 5.16 Å². The highest BCUT2D eigenvalue weighted by Crippen LogP contribution is 2.21. The van der Waals surface area contributed by atoms with Gasteiger partial charge in [-0.3, -0.25) is 24.3 Å². The predicted octanol–water partition coefficient (Wildman–Crippen LogP) is 3.71. The Balaban J connectivity index is 1.75. The molecule has 8 nitrogen and oxygen atoms in total. The van der Waals surface area contributed by atoms with E-state index in [4.69, 9.17) is 11.6 Å². The molecule has 1 heterocycles. The normalized spacial score (nSPS) is 10.8. The highest BCUT2D eigenvalue weighted by atomic mass is 35.5. The first-order chi connectivity index (χ1) is 13.4. The van der Waals surface area contributed by atoms with Crippen molar-refractivity contribution in [2.24, 2.45) is 0 Å². The summed E-state index contributed by atoms with van der Waals surface area (Å²) in [7, 11) is 0. The summed E-state index contributed by atoms with van der Waals surface area (Å²) >= 11 is 7.10. The SMILES string of the molecule is CCn1c(SCC(=O)Nc2ccc([N+](=O)[O-])cc2)nc2ccc(Cl)cc2c1=O. The zero-order valence-electron chi connectivity index (χ0n) is 14.7. The maximum absolute atomic E-state index is 12.7. The van der Waals surface area contributed by atoms with Gasteiger partial charge in [-0.1, -0.05) is 23.4 Å². The molecule has 0 bridgehead atoms. The molecule has 0 saturated heterocycles. The molecule has 0 saturated carbocycles. The van der Waals surface area contributed by atoms with Crippen molar-refractivity contribution in [2.45, 2.75) is 18.6 Å². The predicted molar refractivity (Wildman–Crippen MR) is 109 cm³/mol. The lowest BCUT2D eigenvalue weighted by molar-refractivity contribution is -0.384. The third-order valence-electron chi connectivity index (χ3n) is 3.89. The van der Waals surface area contributed by atoms with Gasteiger partial charge < -0.3 is 5.32 Å².